The number of rotatable bonds is 9. The smallest absolute Gasteiger partial charge is 0.220 e. The quantitative estimate of drug-likeness (QED) is 0.529. The number of nitrogens with one attached hydrogen (secondary N) is 1. The molecule has 0 fully saturated rings. The van der Waals surface area contributed by atoms with Gasteiger partial charge in [0.15, 0.2) is 11.7 Å². The molecule has 6 heteroatoms. The second-order valence-corrected chi connectivity index (χ2v) is 7.88. The van der Waals surface area contributed by atoms with Gasteiger partial charge in [-0.05, 0) is 43.8 Å². The van der Waals surface area contributed by atoms with Crippen LogP contribution in [0, 0.1) is 0 Å². The summed E-state index contributed by atoms with van der Waals surface area (Å²) < 4.78 is 5.77. The summed E-state index contributed by atoms with van der Waals surface area (Å²) in [6, 6.07) is 16.1. The molecule has 0 aliphatic heterocycles. The molecule has 3 rings (SSSR count). The van der Waals surface area contributed by atoms with Gasteiger partial charge in [-0.3, -0.25) is 4.79 Å². The van der Waals surface area contributed by atoms with Crippen LogP contribution in [0.1, 0.15) is 36.4 Å². The molecule has 30 heavy (non-hydrogen) atoms. The topological polar surface area (TPSA) is 58.4 Å². The number of hydrogen-bond donors (Lipinski definition) is 1. The average molecular weight is 426 g/mol. The Labute approximate surface area is 183 Å². The molecule has 3 aromatic rings. The number of likely N-dealkylation sites (N-methyl/N-ethyl adjacent to an activating group) is 1. The molecule has 1 heterocycles. The first-order valence-corrected chi connectivity index (χ1v) is 10.6. The summed E-state index contributed by atoms with van der Waals surface area (Å²) in [6.45, 7) is 2.69. The summed E-state index contributed by atoms with van der Waals surface area (Å²) in [7, 11) is 4.04. The molecule has 158 valence electrons. The third-order valence-electron chi connectivity index (χ3n) is 5.15. The van der Waals surface area contributed by atoms with Gasteiger partial charge in [-0.15, -0.1) is 0 Å². The van der Waals surface area contributed by atoms with Gasteiger partial charge in [0.25, 0.3) is 0 Å². The highest BCUT2D eigenvalue weighted by atomic mass is 35.5. The summed E-state index contributed by atoms with van der Waals surface area (Å²) in [5, 5.41) is 3.65. The number of halogens is 1. The van der Waals surface area contributed by atoms with Crippen LogP contribution in [0.25, 0.3) is 11.3 Å². The Morgan fingerprint density at radius 3 is 2.57 bits per heavy atom. The number of carbonyl (C=O) groups excluding carboxylic acids is 1. The highest BCUT2D eigenvalue weighted by Gasteiger charge is 2.16. The minimum absolute atomic E-state index is 0.0236. The zero-order valence-electron chi connectivity index (χ0n) is 17.7. The first-order valence-electron chi connectivity index (χ1n) is 10.2. The van der Waals surface area contributed by atoms with Gasteiger partial charge in [-0.25, -0.2) is 4.98 Å². The monoisotopic (exact) mass is 425 g/mol. The summed E-state index contributed by atoms with van der Waals surface area (Å²) >= 11 is 6.20. The van der Waals surface area contributed by atoms with Gasteiger partial charge in [-0.1, -0.05) is 54.9 Å². The lowest BCUT2D eigenvalue weighted by Crippen LogP contribution is -2.34. The first-order chi connectivity index (χ1) is 14.5. The lowest BCUT2D eigenvalue weighted by molar-refractivity contribution is -0.121. The van der Waals surface area contributed by atoms with Crippen molar-refractivity contribution in [1.82, 2.24) is 15.2 Å². The minimum atomic E-state index is -0.0236. The van der Waals surface area contributed by atoms with E-state index in [1.807, 2.05) is 38.4 Å². The number of oxazole rings is 1. The lowest BCUT2D eigenvalue weighted by atomic mass is 10.0. The molecule has 0 radical (unpaired) electrons. The summed E-state index contributed by atoms with van der Waals surface area (Å²) in [4.78, 5) is 18.8. The Kier molecular flexibility index (Phi) is 7.66. The van der Waals surface area contributed by atoms with Gasteiger partial charge in [0.2, 0.25) is 5.91 Å². The number of hydrogen-bond acceptors (Lipinski definition) is 4. The maximum absolute atomic E-state index is 12.4. The van der Waals surface area contributed by atoms with E-state index in [-0.39, 0.29) is 11.9 Å². The van der Waals surface area contributed by atoms with E-state index in [0.29, 0.717) is 36.1 Å². The molecule has 2 aromatic carbocycles. The highest BCUT2D eigenvalue weighted by molar-refractivity contribution is 6.33. The van der Waals surface area contributed by atoms with E-state index in [0.717, 1.165) is 12.0 Å². The number of aryl methyl sites for hydroxylation is 2. The molecule has 0 bridgehead atoms. The van der Waals surface area contributed by atoms with Crippen LogP contribution in [0.4, 0.5) is 0 Å². The van der Waals surface area contributed by atoms with Crippen LogP contribution in [-0.4, -0.2) is 36.4 Å². The SMILES string of the molecule is CCc1ccc([C@@H](CNC(=O)CCc2ncc(-c3ccccc3Cl)o2)N(C)C)cc1. The van der Waals surface area contributed by atoms with Gasteiger partial charge in [-0.2, -0.15) is 0 Å². The fourth-order valence-electron chi connectivity index (χ4n) is 3.30. The van der Waals surface area contributed by atoms with Crippen LogP contribution in [0.15, 0.2) is 59.1 Å². The molecule has 1 N–H and O–H groups in total. The zero-order chi connectivity index (χ0) is 21.5. The molecule has 1 aromatic heterocycles. The van der Waals surface area contributed by atoms with E-state index in [1.54, 1.807) is 6.20 Å². The van der Waals surface area contributed by atoms with E-state index in [2.05, 4.69) is 46.4 Å². The van der Waals surface area contributed by atoms with Crippen molar-refractivity contribution in [2.75, 3.05) is 20.6 Å². The van der Waals surface area contributed by atoms with Crippen LogP contribution < -0.4 is 5.32 Å². The second kappa shape index (κ2) is 10.4. The van der Waals surface area contributed by atoms with Crippen molar-refractivity contribution in [1.29, 1.82) is 0 Å². The van der Waals surface area contributed by atoms with Gasteiger partial charge in [0, 0.05) is 24.9 Å². The number of nitrogens with zero attached hydrogens (tertiary/aromatic N) is 2. The second-order valence-electron chi connectivity index (χ2n) is 7.48. The Morgan fingerprint density at radius 2 is 1.90 bits per heavy atom. The predicted molar refractivity (Wildman–Crippen MR) is 121 cm³/mol. The molecule has 1 amide bonds. The summed E-state index contributed by atoms with van der Waals surface area (Å²) in [5.41, 5.74) is 3.29. The van der Waals surface area contributed by atoms with Gasteiger partial charge >= 0.3 is 0 Å². The van der Waals surface area contributed by atoms with E-state index in [9.17, 15) is 4.79 Å². The Bertz CT molecular complexity index is 967. The number of amides is 1. The van der Waals surface area contributed by atoms with E-state index < -0.39 is 0 Å². The summed E-state index contributed by atoms with van der Waals surface area (Å²) in [6.07, 6.45) is 3.42. The lowest BCUT2D eigenvalue weighted by Gasteiger charge is -2.25. The molecule has 1 atom stereocenters. The average Bonchev–Trinajstić information content (AvgIpc) is 3.22. The van der Waals surface area contributed by atoms with Crippen molar-refractivity contribution in [2.24, 2.45) is 0 Å². The number of carbonyl (C=O) groups is 1. The minimum Gasteiger partial charge on any atom is -0.441 e. The van der Waals surface area contributed by atoms with Crippen LogP contribution in [0.3, 0.4) is 0 Å². The molecule has 0 aliphatic rings. The molecule has 0 saturated heterocycles. The molecule has 0 unspecified atom stereocenters. The van der Waals surface area contributed by atoms with Gasteiger partial charge < -0.3 is 14.6 Å². The zero-order valence-corrected chi connectivity index (χ0v) is 18.4. The van der Waals surface area contributed by atoms with Crippen LogP contribution in [0.5, 0.6) is 0 Å². The summed E-state index contributed by atoms with van der Waals surface area (Å²) in [5.74, 6) is 1.11. The van der Waals surface area contributed by atoms with Gasteiger partial charge in [0.05, 0.1) is 17.3 Å². The van der Waals surface area contributed by atoms with Crippen LogP contribution >= 0.6 is 11.6 Å². The Morgan fingerprint density at radius 1 is 1.17 bits per heavy atom. The van der Waals surface area contributed by atoms with E-state index in [4.69, 9.17) is 16.0 Å². The molecule has 0 aliphatic carbocycles. The molecule has 0 saturated carbocycles. The fraction of sp³-hybridized carbons (Fsp3) is 0.333. The van der Waals surface area contributed by atoms with Crippen LogP contribution in [-0.2, 0) is 17.6 Å². The maximum Gasteiger partial charge on any atom is 0.220 e. The fourth-order valence-corrected chi connectivity index (χ4v) is 3.53. The predicted octanol–water partition coefficient (Wildman–Crippen LogP) is 4.91. The largest absolute Gasteiger partial charge is 0.441 e. The van der Waals surface area contributed by atoms with Crippen molar-refractivity contribution in [2.45, 2.75) is 32.2 Å². The molecule has 0 spiro atoms. The third kappa shape index (κ3) is 5.71. The first kappa shape index (κ1) is 22.1. The third-order valence-corrected chi connectivity index (χ3v) is 5.48. The molecular weight excluding hydrogens is 398 g/mol. The number of benzene rings is 2. The van der Waals surface area contributed by atoms with Gasteiger partial charge in [0.1, 0.15) is 0 Å². The molecular formula is C24H28ClN3O2. The number of aromatic nitrogens is 1. The normalized spacial score (nSPS) is 12.2. The van der Waals surface area contributed by atoms with Crippen molar-refractivity contribution < 1.29 is 9.21 Å². The van der Waals surface area contributed by atoms with Crippen LogP contribution in [0.2, 0.25) is 5.02 Å². The standard InChI is InChI=1S/C24H28ClN3O2/c1-4-17-9-11-18(12-10-17)21(28(2)3)15-26-23(29)13-14-24-27-16-22(30-24)19-7-5-6-8-20(19)25/h5-12,16,21H,4,13-15H2,1-3H3,(H,26,29)/t21-/m1/s1. The van der Waals surface area contributed by atoms with Crippen molar-refractivity contribution >= 4 is 17.5 Å². The maximum atomic E-state index is 12.4. The molecule has 5 nitrogen and oxygen atoms in total. The Balaban J connectivity index is 1.53. The van der Waals surface area contributed by atoms with Crippen molar-refractivity contribution in [3.05, 3.63) is 76.8 Å². The van der Waals surface area contributed by atoms with Crippen molar-refractivity contribution in [3.63, 3.8) is 0 Å². The highest BCUT2D eigenvalue weighted by Crippen LogP contribution is 2.28. The van der Waals surface area contributed by atoms with Crippen molar-refractivity contribution in [3.8, 4) is 11.3 Å². The van der Waals surface area contributed by atoms with E-state index in [1.165, 1.54) is 11.1 Å². The Hall–Kier alpha value is -2.63. The van der Waals surface area contributed by atoms with E-state index >= 15 is 0 Å².